The van der Waals surface area contributed by atoms with Crippen LogP contribution < -0.4 is 11.2 Å². The molecule has 0 aliphatic heterocycles. The topological polar surface area (TPSA) is 107 Å². The highest BCUT2D eigenvalue weighted by Gasteiger charge is 2.16. The number of nitrogens with two attached hydrogens (primary N) is 1. The second-order valence-corrected chi connectivity index (χ2v) is 4.27. The molecule has 0 saturated heterocycles. The van der Waals surface area contributed by atoms with Crippen molar-refractivity contribution >= 4 is 17.0 Å². The van der Waals surface area contributed by atoms with Crippen LogP contribution in [0, 0.1) is 0 Å². The lowest BCUT2D eigenvalue weighted by Crippen LogP contribution is -2.16. The molecule has 2 aromatic heterocycles. The van der Waals surface area contributed by atoms with Gasteiger partial charge in [0.25, 0.3) is 0 Å². The fraction of sp³-hybridized carbons (Fsp3) is 0.0769. The molecule has 0 spiro atoms. The Kier molecular flexibility index (Phi) is 2.60. The van der Waals surface area contributed by atoms with Gasteiger partial charge < -0.3 is 10.8 Å². The molecule has 7 heteroatoms. The van der Waals surface area contributed by atoms with E-state index >= 15 is 0 Å². The van der Waals surface area contributed by atoms with Crippen LogP contribution in [0.1, 0.15) is 0 Å². The molecule has 1 aromatic carbocycles. The summed E-state index contributed by atoms with van der Waals surface area (Å²) in [7, 11) is 1.63. The summed E-state index contributed by atoms with van der Waals surface area (Å²) < 4.78 is 1.40. The summed E-state index contributed by atoms with van der Waals surface area (Å²) in [5, 5.41) is 14.1. The van der Waals surface area contributed by atoms with Crippen molar-refractivity contribution in [3.05, 3.63) is 40.6 Å². The highest BCUT2D eigenvalue weighted by Crippen LogP contribution is 2.21. The van der Waals surface area contributed by atoms with Crippen molar-refractivity contribution in [2.75, 3.05) is 5.73 Å². The van der Waals surface area contributed by atoms with Gasteiger partial charge in [0, 0.05) is 12.6 Å². The van der Waals surface area contributed by atoms with E-state index in [2.05, 4.69) is 15.1 Å². The zero-order valence-corrected chi connectivity index (χ0v) is 10.6. The Morgan fingerprint density at radius 2 is 1.90 bits per heavy atom. The molecule has 0 radical (unpaired) electrons. The Labute approximate surface area is 113 Å². The van der Waals surface area contributed by atoms with Gasteiger partial charge in [-0.3, -0.25) is 4.79 Å². The predicted molar refractivity (Wildman–Crippen MR) is 74.1 cm³/mol. The van der Waals surface area contributed by atoms with Crippen LogP contribution in [0.25, 0.3) is 22.3 Å². The highest BCUT2D eigenvalue weighted by molar-refractivity contribution is 5.84. The Morgan fingerprint density at radius 1 is 1.20 bits per heavy atom. The van der Waals surface area contributed by atoms with Gasteiger partial charge >= 0.3 is 0 Å². The van der Waals surface area contributed by atoms with Gasteiger partial charge in [-0.05, 0) is 0 Å². The maximum Gasteiger partial charge on any atom is 0.229 e. The lowest BCUT2D eigenvalue weighted by atomic mass is 10.1. The first-order chi connectivity index (χ1) is 9.58. The summed E-state index contributed by atoms with van der Waals surface area (Å²) in [6.45, 7) is 0. The number of aromatic nitrogens is 4. The maximum absolute atomic E-state index is 12.5. The van der Waals surface area contributed by atoms with Gasteiger partial charge in [-0.2, -0.15) is 15.1 Å². The van der Waals surface area contributed by atoms with Gasteiger partial charge in [-0.15, -0.1) is 0 Å². The number of benzene rings is 1. The number of rotatable bonds is 1. The van der Waals surface area contributed by atoms with Gasteiger partial charge in [-0.1, -0.05) is 30.3 Å². The molecule has 7 nitrogen and oxygen atoms in total. The number of aryl methyl sites for hydroxylation is 1. The third kappa shape index (κ3) is 1.76. The molecular formula is C13H11N5O2. The van der Waals surface area contributed by atoms with Gasteiger partial charge in [0.2, 0.25) is 17.3 Å². The van der Waals surface area contributed by atoms with Crippen LogP contribution in [0.15, 0.2) is 35.1 Å². The summed E-state index contributed by atoms with van der Waals surface area (Å²) >= 11 is 0. The third-order valence-corrected chi connectivity index (χ3v) is 2.93. The van der Waals surface area contributed by atoms with E-state index in [4.69, 9.17) is 5.73 Å². The molecule has 3 aromatic rings. The predicted octanol–water partition coefficient (Wildman–Crippen LogP) is 0.678. The zero-order chi connectivity index (χ0) is 14.3. The van der Waals surface area contributed by atoms with Crippen molar-refractivity contribution in [3.63, 3.8) is 0 Å². The van der Waals surface area contributed by atoms with Crippen molar-refractivity contribution in [2.24, 2.45) is 7.05 Å². The van der Waals surface area contributed by atoms with E-state index in [9.17, 15) is 9.90 Å². The lowest BCUT2D eigenvalue weighted by molar-refractivity contribution is 0.459. The third-order valence-electron chi connectivity index (χ3n) is 2.93. The second-order valence-electron chi connectivity index (χ2n) is 4.27. The smallest absolute Gasteiger partial charge is 0.229 e. The molecule has 3 rings (SSSR count). The first kappa shape index (κ1) is 12.1. The van der Waals surface area contributed by atoms with E-state index < -0.39 is 11.3 Å². The SMILES string of the molecule is Cn1nc(-c2ccccc2)c(=O)c2c(O)nc(N)nc21. The summed E-state index contributed by atoms with van der Waals surface area (Å²) in [6.07, 6.45) is 0. The molecule has 0 bridgehead atoms. The average molecular weight is 269 g/mol. The van der Waals surface area contributed by atoms with Gasteiger partial charge in [-0.25, -0.2) is 4.68 Å². The van der Waals surface area contributed by atoms with Crippen molar-refractivity contribution in [1.82, 2.24) is 19.7 Å². The Morgan fingerprint density at radius 3 is 2.60 bits per heavy atom. The molecule has 20 heavy (non-hydrogen) atoms. The average Bonchev–Trinajstić information content (AvgIpc) is 2.43. The molecule has 3 N–H and O–H groups in total. The summed E-state index contributed by atoms with van der Waals surface area (Å²) in [5.74, 6) is -0.549. The van der Waals surface area contributed by atoms with Crippen LogP contribution in [0.2, 0.25) is 0 Å². The number of nitrogens with zero attached hydrogens (tertiary/aromatic N) is 4. The molecule has 0 aliphatic carbocycles. The van der Waals surface area contributed by atoms with Gasteiger partial charge in [0.1, 0.15) is 11.1 Å². The molecule has 0 unspecified atom stereocenters. The maximum atomic E-state index is 12.5. The summed E-state index contributed by atoms with van der Waals surface area (Å²) in [4.78, 5) is 20.0. The van der Waals surface area contributed by atoms with Crippen LogP contribution >= 0.6 is 0 Å². The van der Waals surface area contributed by atoms with Crippen LogP contribution in [0.3, 0.4) is 0 Å². The minimum Gasteiger partial charge on any atom is -0.493 e. The van der Waals surface area contributed by atoms with E-state index in [0.717, 1.165) is 0 Å². The van der Waals surface area contributed by atoms with E-state index in [0.29, 0.717) is 5.56 Å². The molecule has 100 valence electrons. The quantitative estimate of drug-likeness (QED) is 0.672. The molecule has 0 amide bonds. The number of anilines is 1. The Hall–Kier alpha value is -2.96. The Bertz CT molecular complexity index is 858. The molecule has 0 saturated carbocycles. The fourth-order valence-electron chi connectivity index (χ4n) is 2.04. The Balaban J connectivity index is 2.44. The van der Waals surface area contributed by atoms with Crippen LogP contribution in [0.5, 0.6) is 5.88 Å². The largest absolute Gasteiger partial charge is 0.493 e. The summed E-state index contributed by atoms with van der Waals surface area (Å²) in [5.41, 5.74) is 6.12. The first-order valence-corrected chi connectivity index (χ1v) is 5.87. The molecule has 0 atom stereocenters. The van der Waals surface area contributed by atoms with Crippen molar-refractivity contribution in [2.45, 2.75) is 0 Å². The van der Waals surface area contributed by atoms with Crippen LogP contribution in [-0.4, -0.2) is 24.9 Å². The van der Waals surface area contributed by atoms with Crippen molar-refractivity contribution in [1.29, 1.82) is 0 Å². The number of nitrogen functional groups attached to an aromatic ring is 1. The molecule has 0 fully saturated rings. The molecule has 0 aliphatic rings. The summed E-state index contributed by atoms with van der Waals surface area (Å²) in [6, 6.07) is 8.99. The normalized spacial score (nSPS) is 10.8. The first-order valence-electron chi connectivity index (χ1n) is 5.87. The lowest BCUT2D eigenvalue weighted by Gasteiger charge is -2.08. The number of fused-ring (bicyclic) bond motifs is 1. The van der Waals surface area contributed by atoms with E-state index in [1.807, 2.05) is 6.07 Å². The zero-order valence-electron chi connectivity index (χ0n) is 10.6. The van der Waals surface area contributed by atoms with Crippen LogP contribution in [0.4, 0.5) is 5.95 Å². The van der Waals surface area contributed by atoms with Crippen LogP contribution in [-0.2, 0) is 7.05 Å². The van der Waals surface area contributed by atoms with Crippen molar-refractivity contribution < 1.29 is 5.11 Å². The van der Waals surface area contributed by atoms with Gasteiger partial charge in [0.15, 0.2) is 5.65 Å². The number of aromatic hydroxyl groups is 1. The monoisotopic (exact) mass is 269 g/mol. The molecular weight excluding hydrogens is 258 g/mol. The number of hydrogen-bond donors (Lipinski definition) is 2. The van der Waals surface area contributed by atoms with E-state index in [1.54, 1.807) is 31.3 Å². The fourth-order valence-corrected chi connectivity index (χ4v) is 2.04. The van der Waals surface area contributed by atoms with Crippen molar-refractivity contribution in [3.8, 4) is 17.1 Å². The van der Waals surface area contributed by atoms with E-state index in [-0.39, 0.29) is 22.7 Å². The van der Waals surface area contributed by atoms with E-state index in [1.165, 1.54) is 4.68 Å². The van der Waals surface area contributed by atoms with Gasteiger partial charge in [0.05, 0.1) is 0 Å². The second kappa shape index (κ2) is 4.30. The minimum absolute atomic E-state index is 0.00977. The standard InChI is InChI=1S/C13H11N5O2/c1-18-11-8(12(20)16-13(14)15-11)10(19)9(17-18)7-5-3-2-4-6-7/h2-6H,1H3,(H3,14,15,16,20). The highest BCUT2D eigenvalue weighted by atomic mass is 16.3. The number of hydrogen-bond acceptors (Lipinski definition) is 6. The minimum atomic E-state index is -0.437. The molecule has 2 heterocycles.